The molecule has 2 rings (SSSR count). The predicted octanol–water partition coefficient (Wildman–Crippen LogP) is 4.06. The van der Waals surface area contributed by atoms with Gasteiger partial charge in [-0.15, -0.1) is 13.2 Å². The zero-order valence-electron chi connectivity index (χ0n) is 9.20. The van der Waals surface area contributed by atoms with Crippen molar-refractivity contribution < 1.29 is 27.1 Å². The third-order valence-electron chi connectivity index (χ3n) is 2.22. The Labute approximate surface area is 110 Å². The van der Waals surface area contributed by atoms with Gasteiger partial charge in [0.2, 0.25) is 11.0 Å². The van der Waals surface area contributed by atoms with Crippen LogP contribution >= 0.6 is 11.6 Å². The number of furan rings is 1. The number of ether oxygens (including phenoxy) is 1. The van der Waals surface area contributed by atoms with Crippen LogP contribution in [0.25, 0.3) is 0 Å². The number of ketones is 1. The summed E-state index contributed by atoms with van der Waals surface area (Å²) >= 11 is 5.62. The van der Waals surface area contributed by atoms with Gasteiger partial charge in [-0.2, -0.15) is 0 Å². The zero-order chi connectivity index (χ0) is 14.0. The number of hydrogen-bond acceptors (Lipinski definition) is 3. The number of para-hydroxylation sites is 1. The minimum atomic E-state index is -4.88. The van der Waals surface area contributed by atoms with Crippen LogP contribution in [0, 0.1) is 0 Å². The molecule has 1 heterocycles. The van der Waals surface area contributed by atoms with Crippen LogP contribution in [0.1, 0.15) is 15.9 Å². The summed E-state index contributed by atoms with van der Waals surface area (Å²) in [5.74, 6) is -1.30. The van der Waals surface area contributed by atoms with Crippen LogP contribution < -0.4 is 4.74 Å². The second-order valence-electron chi connectivity index (χ2n) is 3.48. The third kappa shape index (κ3) is 3.08. The van der Waals surface area contributed by atoms with E-state index in [1.165, 1.54) is 30.5 Å². The highest BCUT2D eigenvalue weighted by Gasteiger charge is 2.33. The van der Waals surface area contributed by atoms with Gasteiger partial charge in [0.1, 0.15) is 5.75 Å². The van der Waals surface area contributed by atoms with Crippen molar-refractivity contribution in [1.82, 2.24) is 0 Å². The van der Waals surface area contributed by atoms with E-state index in [2.05, 4.69) is 4.74 Å². The Morgan fingerprint density at radius 1 is 1.16 bits per heavy atom. The van der Waals surface area contributed by atoms with Gasteiger partial charge in [-0.25, -0.2) is 0 Å². The van der Waals surface area contributed by atoms with E-state index in [1.54, 1.807) is 0 Å². The van der Waals surface area contributed by atoms with Crippen molar-refractivity contribution in [3.05, 3.63) is 52.9 Å². The summed E-state index contributed by atoms with van der Waals surface area (Å²) in [6, 6.07) is 6.29. The number of carbonyl (C=O) groups is 1. The summed E-state index contributed by atoms with van der Waals surface area (Å²) in [7, 11) is 0. The fourth-order valence-electron chi connectivity index (χ4n) is 1.47. The fraction of sp³-hybridized carbons (Fsp3) is 0.0833. The van der Waals surface area contributed by atoms with Crippen LogP contribution in [-0.2, 0) is 0 Å². The highest BCUT2D eigenvalue weighted by Crippen LogP contribution is 2.29. The Hall–Kier alpha value is -1.95. The molecule has 1 aromatic carbocycles. The van der Waals surface area contributed by atoms with Gasteiger partial charge in [-0.3, -0.25) is 4.79 Å². The van der Waals surface area contributed by atoms with E-state index in [4.69, 9.17) is 16.0 Å². The molecule has 0 saturated heterocycles. The van der Waals surface area contributed by atoms with Crippen LogP contribution in [0.15, 0.2) is 41.0 Å². The van der Waals surface area contributed by atoms with Gasteiger partial charge in [0.15, 0.2) is 0 Å². The van der Waals surface area contributed by atoms with Gasteiger partial charge in [0.05, 0.1) is 17.4 Å². The Bertz CT molecular complexity index is 604. The Balaban J connectivity index is 2.40. The molecule has 0 aliphatic heterocycles. The van der Waals surface area contributed by atoms with Gasteiger partial charge >= 0.3 is 6.36 Å². The van der Waals surface area contributed by atoms with E-state index in [0.29, 0.717) is 0 Å². The van der Waals surface area contributed by atoms with E-state index < -0.39 is 17.9 Å². The Morgan fingerprint density at radius 2 is 1.84 bits per heavy atom. The van der Waals surface area contributed by atoms with Crippen LogP contribution in [0.5, 0.6) is 5.75 Å². The van der Waals surface area contributed by atoms with Gasteiger partial charge in [-0.05, 0) is 29.8 Å². The van der Waals surface area contributed by atoms with Crippen LogP contribution in [0.4, 0.5) is 13.2 Å². The van der Waals surface area contributed by atoms with Crippen LogP contribution in [0.3, 0.4) is 0 Å². The second kappa shape index (κ2) is 4.97. The van der Waals surface area contributed by atoms with Crippen molar-refractivity contribution in [1.29, 1.82) is 0 Å². The molecule has 1 aromatic heterocycles. The SMILES string of the molecule is O=C(c1ccccc1OC(F)(F)F)c1ccoc1Cl. The Morgan fingerprint density at radius 3 is 2.42 bits per heavy atom. The highest BCUT2D eigenvalue weighted by atomic mass is 35.5. The maximum Gasteiger partial charge on any atom is 0.573 e. The fourth-order valence-corrected chi connectivity index (χ4v) is 1.67. The van der Waals surface area contributed by atoms with Crippen molar-refractivity contribution >= 4 is 17.4 Å². The van der Waals surface area contributed by atoms with E-state index in [9.17, 15) is 18.0 Å². The predicted molar refractivity (Wildman–Crippen MR) is 60.3 cm³/mol. The maximum absolute atomic E-state index is 12.2. The number of hydrogen-bond donors (Lipinski definition) is 0. The molecular weight excluding hydrogens is 285 g/mol. The van der Waals surface area contributed by atoms with E-state index in [1.807, 2.05) is 0 Å². The second-order valence-corrected chi connectivity index (χ2v) is 3.82. The molecular formula is C12H6ClF3O3. The minimum absolute atomic E-state index is 0.0279. The van der Waals surface area contributed by atoms with Gasteiger partial charge < -0.3 is 9.15 Å². The van der Waals surface area contributed by atoms with E-state index in [-0.39, 0.29) is 16.3 Å². The molecule has 0 saturated carbocycles. The van der Waals surface area contributed by atoms with Crippen molar-refractivity contribution in [2.45, 2.75) is 6.36 Å². The lowest BCUT2D eigenvalue weighted by molar-refractivity contribution is -0.274. The van der Waals surface area contributed by atoms with Gasteiger partial charge in [-0.1, -0.05) is 12.1 Å². The zero-order valence-corrected chi connectivity index (χ0v) is 9.96. The highest BCUT2D eigenvalue weighted by molar-refractivity contribution is 6.33. The molecule has 0 amide bonds. The normalized spacial score (nSPS) is 11.4. The molecule has 0 aliphatic carbocycles. The molecule has 0 radical (unpaired) electrons. The first-order valence-corrected chi connectivity index (χ1v) is 5.39. The first-order valence-electron chi connectivity index (χ1n) is 5.01. The Kier molecular flexibility index (Phi) is 3.53. The van der Waals surface area contributed by atoms with E-state index >= 15 is 0 Å². The summed E-state index contributed by atoms with van der Waals surface area (Å²) in [5.41, 5.74) is -0.275. The van der Waals surface area contributed by atoms with Crippen molar-refractivity contribution in [2.24, 2.45) is 0 Å². The number of alkyl halides is 3. The lowest BCUT2D eigenvalue weighted by atomic mass is 10.1. The summed E-state index contributed by atoms with van der Waals surface area (Å²) in [6.07, 6.45) is -3.71. The minimum Gasteiger partial charge on any atom is -0.452 e. The lowest BCUT2D eigenvalue weighted by Gasteiger charge is -2.11. The molecule has 0 atom stereocenters. The monoisotopic (exact) mass is 290 g/mol. The molecule has 0 aliphatic rings. The number of carbonyl (C=O) groups excluding carboxylic acids is 1. The molecule has 0 N–H and O–H groups in total. The number of rotatable bonds is 3. The molecule has 0 bridgehead atoms. The molecule has 0 fully saturated rings. The molecule has 0 unspecified atom stereocenters. The van der Waals surface area contributed by atoms with Crippen molar-refractivity contribution in [3.8, 4) is 5.75 Å². The average Bonchev–Trinajstić information content (AvgIpc) is 2.73. The average molecular weight is 291 g/mol. The maximum atomic E-state index is 12.2. The summed E-state index contributed by atoms with van der Waals surface area (Å²) in [5, 5.41) is -0.188. The summed E-state index contributed by atoms with van der Waals surface area (Å²) < 4.78 is 45.2. The van der Waals surface area contributed by atoms with Gasteiger partial charge in [0.25, 0.3) is 0 Å². The molecule has 7 heteroatoms. The van der Waals surface area contributed by atoms with Gasteiger partial charge in [0, 0.05) is 0 Å². The first-order chi connectivity index (χ1) is 8.88. The standard InChI is InChI=1S/C12H6ClF3O3/c13-11-8(5-6-18-11)10(17)7-3-1-2-4-9(7)19-12(14,15)16/h1-6H. The first kappa shape index (κ1) is 13.5. The van der Waals surface area contributed by atoms with E-state index in [0.717, 1.165) is 6.07 Å². The molecule has 100 valence electrons. The van der Waals surface area contributed by atoms with Crippen molar-refractivity contribution in [3.63, 3.8) is 0 Å². The number of halogens is 4. The molecule has 2 aromatic rings. The van der Waals surface area contributed by atoms with Crippen molar-refractivity contribution in [2.75, 3.05) is 0 Å². The molecule has 19 heavy (non-hydrogen) atoms. The lowest BCUT2D eigenvalue weighted by Crippen LogP contribution is -2.19. The third-order valence-corrected chi connectivity index (χ3v) is 2.51. The summed E-state index contributed by atoms with van der Waals surface area (Å²) in [4.78, 5) is 12.0. The summed E-state index contributed by atoms with van der Waals surface area (Å²) in [6.45, 7) is 0. The topological polar surface area (TPSA) is 39.4 Å². The molecule has 0 spiro atoms. The van der Waals surface area contributed by atoms with Crippen LogP contribution in [0.2, 0.25) is 5.22 Å². The molecule has 3 nitrogen and oxygen atoms in total. The van der Waals surface area contributed by atoms with Crippen LogP contribution in [-0.4, -0.2) is 12.1 Å². The quantitative estimate of drug-likeness (QED) is 0.800. The largest absolute Gasteiger partial charge is 0.573 e. The number of benzene rings is 1. The smallest absolute Gasteiger partial charge is 0.452 e.